The highest BCUT2D eigenvalue weighted by Crippen LogP contribution is 2.34. The molecule has 0 amide bonds. The first-order valence-corrected chi connectivity index (χ1v) is 8.82. The van der Waals surface area contributed by atoms with Gasteiger partial charge in [-0.2, -0.15) is 4.58 Å². The third-order valence-electron chi connectivity index (χ3n) is 4.85. The number of nitrogens with zero attached hydrogens (tertiary/aromatic N) is 1. The number of halogens is 1. The van der Waals surface area contributed by atoms with Crippen LogP contribution in [0.4, 0.5) is 5.69 Å². The van der Waals surface area contributed by atoms with Crippen molar-refractivity contribution in [3.8, 4) is 11.5 Å². The smallest absolute Gasteiger partial charge is 0.220 e. The zero-order chi connectivity index (χ0) is 17.9. The summed E-state index contributed by atoms with van der Waals surface area (Å²) in [6.07, 6.45) is 0.959. The molecule has 3 aromatic carbocycles. The van der Waals surface area contributed by atoms with E-state index in [9.17, 15) is 0 Å². The quantitative estimate of drug-likeness (QED) is 0.640. The highest BCUT2D eigenvalue weighted by atomic mass is 35.5. The van der Waals surface area contributed by atoms with Gasteiger partial charge in [-0.25, -0.2) is 0 Å². The van der Waals surface area contributed by atoms with E-state index in [-0.39, 0.29) is 12.4 Å². The van der Waals surface area contributed by atoms with Crippen molar-refractivity contribution in [2.75, 3.05) is 20.8 Å². The fourth-order valence-corrected chi connectivity index (χ4v) is 3.61. The van der Waals surface area contributed by atoms with E-state index in [1.165, 1.54) is 28.1 Å². The molecule has 0 unspecified atom stereocenters. The molecule has 4 heteroatoms. The zero-order valence-corrected chi connectivity index (χ0v) is 16.2. The lowest BCUT2D eigenvalue weighted by Gasteiger charge is -2.20. The minimum Gasteiger partial charge on any atom is -1.00 e. The monoisotopic (exact) mass is 379 g/mol. The molecule has 138 valence electrons. The van der Waals surface area contributed by atoms with Crippen LogP contribution in [0.15, 0.2) is 72.8 Å². The average molecular weight is 380 g/mol. The van der Waals surface area contributed by atoms with E-state index in [0.29, 0.717) is 0 Å². The van der Waals surface area contributed by atoms with E-state index in [2.05, 4.69) is 77.4 Å². The number of hydrogen-bond acceptors (Lipinski definition) is 2. The molecular formula is C23H22ClNO2. The number of para-hydroxylation sites is 1. The van der Waals surface area contributed by atoms with Crippen molar-refractivity contribution in [2.24, 2.45) is 0 Å². The standard InChI is InChI=1S/C23H22NO2.ClH/c1-25-21-15-18-13-14-24(19-11-7-4-8-12-19)23(17-9-5-3-6-10-17)20(18)16-22(21)26-2;/h3-12,15-16H,13-14H2,1-2H3;1H/q+1;/p-1. The Morgan fingerprint density at radius 2 is 1.37 bits per heavy atom. The van der Waals surface area contributed by atoms with E-state index in [1.807, 2.05) is 0 Å². The van der Waals surface area contributed by atoms with Crippen molar-refractivity contribution in [3.63, 3.8) is 0 Å². The Morgan fingerprint density at radius 1 is 0.778 bits per heavy atom. The molecule has 1 aliphatic heterocycles. The van der Waals surface area contributed by atoms with Gasteiger partial charge >= 0.3 is 0 Å². The van der Waals surface area contributed by atoms with Gasteiger partial charge in [-0.15, -0.1) is 0 Å². The van der Waals surface area contributed by atoms with E-state index in [4.69, 9.17) is 9.47 Å². The van der Waals surface area contributed by atoms with Crippen molar-refractivity contribution in [2.45, 2.75) is 6.42 Å². The fraction of sp³-hybridized carbons (Fsp3) is 0.174. The van der Waals surface area contributed by atoms with Crippen LogP contribution >= 0.6 is 0 Å². The minimum absolute atomic E-state index is 0. The first kappa shape index (κ1) is 19.0. The number of methoxy groups -OCH3 is 2. The molecule has 0 fully saturated rings. The van der Waals surface area contributed by atoms with Gasteiger partial charge in [-0.05, 0) is 29.8 Å². The van der Waals surface area contributed by atoms with Gasteiger partial charge < -0.3 is 21.9 Å². The van der Waals surface area contributed by atoms with Crippen LogP contribution in [0.2, 0.25) is 0 Å². The van der Waals surface area contributed by atoms with Crippen LogP contribution in [0.3, 0.4) is 0 Å². The number of benzene rings is 3. The number of rotatable bonds is 4. The maximum atomic E-state index is 5.57. The van der Waals surface area contributed by atoms with Crippen molar-refractivity contribution in [3.05, 3.63) is 89.5 Å². The van der Waals surface area contributed by atoms with E-state index in [1.54, 1.807) is 14.2 Å². The third-order valence-corrected chi connectivity index (χ3v) is 4.85. The van der Waals surface area contributed by atoms with Crippen LogP contribution in [-0.2, 0) is 6.42 Å². The van der Waals surface area contributed by atoms with Crippen LogP contribution in [0.1, 0.15) is 16.7 Å². The van der Waals surface area contributed by atoms with Gasteiger partial charge in [0, 0.05) is 24.1 Å². The molecular weight excluding hydrogens is 358 g/mol. The summed E-state index contributed by atoms with van der Waals surface area (Å²) < 4.78 is 13.5. The molecule has 27 heavy (non-hydrogen) atoms. The fourth-order valence-electron chi connectivity index (χ4n) is 3.61. The lowest BCUT2D eigenvalue weighted by molar-refractivity contribution is -0.440. The third kappa shape index (κ3) is 3.56. The molecule has 0 atom stereocenters. The van der Waals surface area contributed by atoms with E-state index >= 15 is 0 Å². The minimum atomic E-state index is 0. The maximum absolute atomic E-state index is 5.57. The Hall–Kier alpha value is -2.78. The van der Waals surface area contributed by atoms with E-state index in [0.717, 1.165) is 24.5 Å². The van der Waals surface area contributed by atoms with Crippen LogP contribution in [0.25, 0.3) is 0 Å². The Morgan fingerprint density at radius 3 is 2.00 bits per heavy atom. The zero-order valence-electron chi connectivity index (χ0n) is 15.5. The van der Waals surface area contributed by atoms with Gasteiger partial charge in [0.1, 0.15) is 0 Å². The molecule has 3 nitrogen and oxygen atoms in total. The number of fused-ring (bicyclic) bond motifs is 1. The van der Waals surface area contributed by atoms with Gasteiger partial charge in [-0.1, -0.05) is 36.4 Å². The maximum Gasteiger partial charge on any atom is 0.220 e. The average Bonchev–Trinajstić information content (AvgIpc) is 2.73. The molecule has 0 spiro atoms. The predicted octanol–water partition coefficient (Wildman–Crippen LogP) is 1.45. The predicted molar refractivity (Wildman–Crippen MR) is 104 cm³/mol. The van der Waals surface area contributed by atoms with Crippen molar-refractivity contribution in [1.29, 1.82) is 0 Å². The number of ether oxygens (including phenoxy) is 2. The Kier molecular flexibility index (Phi) is 5.82. The molecule has 0 saturated heterocycles. The van der Waals surface area contributed by atoms with Crippen molar-refractivity contribution in [1.82, 2.24) is 0 Å². The number of hydrogen-bond donors (Lipinski definition) is 0. The lowest BCUT2D eigenvalue weighted by Crippen LogP contribution is -3.00. The normalized spacial score (nSPS) is 12.8. The topological polar surface area (TPSA) is 21.5 Å². The van der Waals surface area contributed by atoms with Crippen molar-refractivity contribution >= 4 is 11.4 Å². The van der Waals surface area contributed by atoms with Crippen LogP contribution in [0.5, 0.6) is 11.5 Å². The largest absolute Gasteiger partial charge is 1.00 e. The highest BCUT2D eigenvalue weighted by Gasteiger charge is 2.30. The van der Waals surface area contributed by atoms with Gasteiger partial charge in [0.15, 0.2) is 18.0 Å². The summed E-state index contributed by atoms with van der Waals surface area (Å²) in [5.41, 5.74) is 6.09. The van der Waals surface area contributed by atoms with Gasteiger partial charge in [0.25, 0.3) is 0 Å². The second-order valence-corrected chi connectivity index (χ2v) is 6.32. The molecule has 1 aliphatic rings. The first-order valence-electron chi connectivity index (χ1n) is 8.82. The second kappa shape index (κ2) is 8.28. The second-order valence-electron chi connectivity index (χ2n) is 6.32. The molecule has 0 saturated carbocycles. The summed E-state index contributed by atoms with van der Waals surface area (Å²) in [4.78, 5) is 0. The summed E-state index contributed by atoms with van der Waals surface area (Å²) in [5.74, 6) is 1.54. The SMILES string of the molecule is COc1cc2c(cc1OC)C(c1ccccc1)=[N+](c1ccccc1)CC2.[Cl-]. The summed E-state index contributed by atoms with van der Waals surface area (Å²) in [5, 5.41) is 0. The molecule has 0 N–H and O–H groups in total. The Balaban J connectivity index is 0.00000210. The molecule has 0 bridgehead atoms. The molecule has 0 aliphatic carbocycles. The summed E-state index contributed by atoms with van der Waals surface area (Å²) >= 11 is 0. The summed E-state index contributed by atoms with van der Waals surface area (Å²) in [6.45, 7) is 0.927. The summed E-state index contributed by atoms with van der Waals surface area (Å²) in [6, 6.07) is 25.3. The van der Waals surface area contributed by atoms with E-state index < -0.39 is 0 Å². The molecule has 0 radical (unpaired) electrons. The Labute approximate surface area is 166 Å². The van der Waals surface area contributed by atoms with Crippen LogP contribution in [-0.4, -0.2) is 31.1 Å². The van der Waals surface area contributed by atoms with Gasteiger partial charge in [0.2, 0.25) is 11.4 Å². The van der Waals surface area contributed by atoms with Crippen LogP contribution < -0.4 is 21.9 Å². The highest BCUT2D eigenvalue weighted by molar-refractivity contribution is 6.11. The van der Waals surface area contributed by atoms with Crippen molar-refractivity contribution < 1.29 is 26.5 Å². The molecule has 3 aromatic rings. The van der Waals surface area contributed by atoms with Gasteiger partial charge in [0.05, 0.1) is 19.8 Å². The Bertz CT molecular complexity index is 953. The lowest BCUT2D eigenvalue weighted by atomic mass is 9.91. The molecule has 4 rings (SSSR count). The molecule has 1 heterocycles. The van der Waals surface area contributed by atoms with Crippen LogP contribution in [0, 0.1) is 0 Å². The summed E-state index contributed by atoms with van der Waals surface area (Å²) in [7, 11) is 3.37. The first-order chi connectivity index (χ1) is 12.8. The van der Waals surface area contributed by atoms with Gasteiger partial charge in [-0.3, -0.25) is 0 Å². The molecule has 0 aromatic heterocycles.